The lowest BCUT2D eigenvalue weighted by molar-refractivity contribution is -0.142. The van der Waals surface area contributed by atoms with Crippen LogP contribution in [0.5, 0.6) is 11.5 Å². The average Bonchev–Trinajstić information content (AvgIpc) is 3.40. The van der Waals surface area contributed by atoms with E-state index in [4.69, 9.17) is 25.9 Å². The molecule has 1 amide bonds. The van der Waals surface area contributed by atoms with Gasteiger partial charge in [0.1, 0.15) is 17.3 Å². The van der Waals surface area contributed by atoms with Crippen LogP contribution in [0.1, 0.15) is 23.5 Å². The van der Waals surface area contributed by atoms with Gasteiger partial charge in [0, 0.05) is 23.8 Å². The van der Waals surface area contributed by atoms with Crippen LogP contribution in [0.3, 0.4) is 0 Å². The van der Waals surface area contributed by atoms with E-state index in [0.29, 0.717) is 53.8 Å². The van der Waals surface area contributed by atoms with Gasteiger partial charge in [-0.15, -0.1) is 5.10 Å². The quantitative estimate of drug-likeness (QED) is 0.275. The van der Waals surface area contributed by atoms with Crippen molar-refractivity contribution in [1.82, 2.24) is 15.2 Å². The lowest BCUT2D eigenvalue weighted by Gasteiger charge is -2.31. The molecule has 2 aromatic heterocycles. The number of nitrogens with zero attached hydrogens (tertiary/aromatic N) is 4. The van der Waals surface area contributed by atoms with E-state index < -0.39 is 11.9 Å². The monoisotopic (exact) mass is 534 g/mol. The normalized spacial score (nSPS) is 13.7. The van der Waals surface area contributed by atoms with E-state index in [-0.39, 0.29) is 17.8 Å². The number of amides is 1. The summed E-state index contributed by atoms with van der Waals surface area (Å²) in [6.07, 6.45) is 2.68. The van der Waals surface area contributed by atoms with Crippen LogP contribution in [0, 0.1) is 5.92 Å². The van der Waals surface area contributed by atoms with Gasteiger partial charge in [-0.3, -0.25) is 9.59 Å². The first-order valence-electron chi connectivity index (χ1n) is 11.8. The molecule has 5 rings (SSSR count). The minimum atomic E-state index is -0.757. The zero-order chi connectivity index (χ0) is 26.5. The summed E-state index contributed by atoms with van der Waals surface area (Å²) in [5, 5.41) is 23.1. The maximum absolute atomic E-state index is 12.6. The number of anilines is 4. The van der Waals surface area contributed by atoms with Gasteiger partial charge in [0.2, 0.25) is 0 Å². The van der Waals surface area contributed by atoms with Gasteiger partial charge in [0.05, 0.1) is 17.8 Å². The van der Waals surface area contributed by atoms with Crippen molar-refractivity contribution in [2.75, 3.05) is 28.6 Å². The molecule has 11 nitrogen and oxygen atoms in total. The fourth-order valence-electron chi connectivity index (χ4n) is 3.92. The van der Waals surface area contributed by atoms with Crippen molar-refractivity contribution in [3.05, 3.63) is 77.8 Å². The molecule has 1 aliphatic rings. The molecule has 2 aromatic carbocycles. The number of nitrogens with one attached hydrogen (secondary N) is 2. The highest BCUT2D eigenvalue weighted by Gasteiger charge is 2.25. The summed E-state index contributed by atoms with van der Waals surface area (Å²) in [6, 6.07) is 17.7. The van der Waals surface area contributed by atoms with Gasteiger partial charge in [-0.25, -0.2) is 4.98 Å². The Morgan fingerprint density at radius 2 is 1.61 bits per heavy atom. The molecule has 4 aromatic rings. The summed E-state index contributed by atoms with van der Waals surface area (Å²) < 4.78 is 11.2. The molecular weight excluding hydrogens is 512 g/mol. The van der Waals surface area contributed by atoms with E-state index >= 15 is 0 Å². The molecule has 0 spiro atoms. The van der Waals surface area contributed by atoms with Gasteiger partial charge < -0.3 is 29.8 Å². The topological polar surface area (TPSA) is 143 Å². The number of halogens is 1. The molecule has 0 bridgehead atoms. The molecule has 0 aliphatic carbocycles. The molecule has 12 heteroatoms. The van der Waals surface area contributed by atoms with Crippen LogP contribution >= 0.6 is 11.6 Å². The zero-order valence-electron chi connectivity index (χ0n) is 20.0. The molecule has 1 aliphatic heterocycles. The Bertz CT molecular complexity index is 1400. The molecular formula is C26H23ClN6O5. The number of carbonyl (C=O) groups excluding carboxylic acids is 1. The van der Waals surface area contributed by atoms with Gasteiger partial charge in [-0.05, 0) is 73.5 Å². The van der Waals surface area contributed by atoms with E-state index in [1.807, 2.05) is 4.90 Å². The van der Waals surface area contributed by atoms with E-state index in [1.165, 1.54) is 6.20 Å². The fourth-order valence-corrected chi connectivity index (χ4v) is 4.05. The molecule has 1 saturated heterocycles. The molecule has 38 heavy (non-hydrogen) atoms. The van der Waals surface area contributed by atoms with E-state index in [9.17, 15) is 9.59 Å². The van der Waals surface area contributed by atoms with Gasteiger partial charge in [-0.2, -0.15) is 0 Å². The predicted octanol–water partition coefficient (Wildman–Crippen LogP) is 5.21. The van der Waals surface area contributed by atoms with Crippen molar-refractivity contribution in [3.63, 3.8) is 0 Å². The Labute approximate surface area is 222 Å². The number of aromatic nitrogens is 3. The Balaban J connectivity index is 1.13. The average molecular weight is 535 g/mol. The van der Waals surface area contributed by atoms with Gasteiger partial charge >= 0.3 is 23.8 Å². The lowest BCUT2D eigenvalue weighted by atomic mass is 9.97. The summed E-state index contributed by atoms with van der Waals surface area (Å²) in [6.45, 7) is 1.23. The highest BCUT2D eigenvalue weighted by molar-refractivity contribution is 6.30. The molecule has 0 saturated carbocycles. The lowest BCUT2D eigenvalue weighted by Crippen LogP contribution is -2.36. The first-order chi connectivity index (χ1) is 18.4. The maximum Gasteiger partial charge on any atom is 0.320 e. The second-order valence-electron chi connectivity index (χ2n) is 8.58. The number of benzene rings is 2. The molecule has 1 fully saturated rings. The predicted molar refractivity (Wildman–Crippen MR) is 140 cm³/mol. The van der Waals surface area contributed by atoms with Crippen LogP contribution in [-0.2, 0) is 4.79 Å². The van der Waals surface area contributed by atoms with E-state index in [0.717, 1.165) is 5.82 Å². The third-order valence-electron chi connectivity index (χ3n) is 5.95. The van der Waals surface area contributed by atoms with Crippen LogP contribution in [-0.4, -0.2) is 45.3 Å². The van der Waals surface area contributed by atoms with Crippen molar-refractivity contribution in [2.24, 2.45) is 5.92 Å². The van der Waals surface area contributed by atoms with E-state index in [1.54, 1.807) is 60.7 Å². The van der Waals surface area contributed by atoms with Crippen molar-refractivity contribution < 1.29 is 23.8 Å². The van der Waals surface area contributed by atoms with Crippen LogP contribution in [0.2, 0.25) is 5.02 Å². The van der Waals surface area contributed by atoms with Crippen LogP contribution < -0.4 is 20.3 Å². The Morgan fingerprint density at radius 1 is 0.947 bits per heavy atom. The van der Waals surface area contributed by atoms with Crippen LogP contribution in [0.15, 0.2) is 71.3 Å². The number of carboxylic acid groups (broad SMARTS) is 1. The smallest absolute Gasteiger partial charge is 0.320 e. The fraction of sp³-hybridized carbons (Fsp3) is 0.192. The van der Waals surface area contributed by atoms with Crippen molar-refractivity contribution in [2.45, 2.75) is 12.8 Å². The number of carboxylic acids is 1. The van der Waals surface area contributed by atoms with Gasteiger partial charge in [0.15, 0.2) is 0 Å². The largest absolute Gasteiger partial charge is 0.481 e. The number of carbonyl (C=O) groups is 2. The van der Waals surface area contributed by atoms with Gasteiger partial charge in [-0.1, -0.05) is 16.7 Å². The summed E-state index contributed by atoms with van der Waals surface area (Å²) in [5.74, 6) is 0.158. The summed E-state index contributed by atoms with van der Waals surface area (Å²) in [5.41, 5.74) is 1.12. The van der Waals surface area contributed by atoms with Crippen LogP contribution in [0.4, 0.5) is 23.2 Å². The van der Waals surface area contributed by atoms with Crippen LogP contribution in [0.25, 0.3) is 0 Å². The molecule has 0 atom stereocenters. The summed E-state index contributed by atoms with van der Waals surface area (Å²) in [4.78, 5) is 30.1. The van der Waals surface area contributed by atoms with E-state index in [2.05, 4.69) is 25.8 Å². The Hall–Kier alpha value is -4.64. The number of aliphatic carboxylic acids is 1. The minimum Gasteiger partial charge on any atom is -0.481 e. The molecule has 0 unspecified atom stereocenters. The molecule has 194 valence electrons. The Kier molecular flexibility index (Phi) is 7.36. The third kappa shape index (κ3) is 6.19. The Morgan fingerprint density at radius 3 is 2.24 bits per heavy atom. The number of piperidine rings is 1. The second kappa shape index (κ2) is 11.2. The number of rotatable bonds is 8. The first-order valence-corrected chi connectivity index (χ1v) is 12.2. The number of pyridine rings is 1. The molecule has 0 radical (unpaired) electrons. The van der Waals surface area contributed by atoms with Crippen molar-refractivity contribution >= 4 is 46.7 Å². The van der Waals surface area contributed by atoms with Crippen molar-refractivity contribution in [3.8, 4) is 11.5 Å². The minimum absolute atomic E-state index is 0.0553. The number of ether oxygens (including phenoxy) is 1. The highest BCUT2D eigenvalue weighted by atomic mass is 35.5. The van der Waals surface area contributed by atoms with Gasteiger partial charge in [0.25, 0.3) is 0 Å². The third-order valence-corrected chi connectivity index (χ3v) is 6.20. The summed E-state index contributed by atoms with van der Waals surface area (Å²) >= 11 is 5.89. The SMILES string of the molecule is O=C(Nc1ccc(N2CCC(C(=O)O)CC2)nc1)c1nnc(Nc2ccc(Oc3ccc(Cl)cc3)cc2)o1. The molecule has 3 N–H and O–H groups in total. The second-order valence-corrected chi connectivity index (χ2v) is 9.01. The summed E-state index contributed by atoms with van der Waals surface area (Å²) in [7, 11) is 0. The number of hydrogen-bond acceptors (Lipinski definition) is 9. The highest BCUT2D eigenvalue weighted by Crippen LogP contribution is 2.26. The van der Waals surface area contributed by atoms with Crippen molar-refractivity contribution in [1.29, 1.82) is 0 Å². The molecule has 3 heterocycles. The first kappa shape index (κ1) is 25.0. The number of hydrogen-bond donors (Lipinski definition) is 3. The standard InChI is InChI=1S/C26H23ClN6O5/c27-17-1-6-20(7-2-17)37-21-8-3-18(4-9-21)30-26-32-31-24(38-26)23(34)29-19-5-10-22(28-15-19)33-13-11-16(12-14-33)25(35)36/h1-10,15-16H,11-14H2,(H,29,34)(H,30,32)(H,35,36). The zero-order valence-corrected chi connectivity index (χ0v) is 20.8. The maximum atomic E-state index is 12.6.